The fourth-order valence-corrected chi connectivity index (χ4v) is 9.76. The largest absolute Gasteiger partial charge is 0.455 e. The topological polar surface area (TPSA) is 123 Å². The van der Waals surface area contributed by atoms with Crippen molar-refractivity contribution >= 4 is 17.7 Å². The first-order chi connectivity index (χ1) is 17.6. The minimum Gasteiger partial charge on any atom is -0.455 e. The first kappa shape index (κ1) is 26.2. The van der Waals surface area contributed by atoms with Crippen LogP contribution in [0.25, 0.3) is 0 Å². The summed E-state index contributed by atoms with van der Waals surface area (Å²) in [6.07, 6.45) is 5.07. The first-order valence-corrected chi connectivity index (χ1v) is 14.0. The predicted molar refractivity (Wildman–Crippen MR) is 136 cm³/mol. The average molecular weight is 529 g/mol. The third-order valence-electron chi connectivity index (χ3n) is 12.2. The zero-order valence-electron chi connectivity index (χ0n) is 23.2. The lowest BCUT2D eigenvalue weighted by Gasteiger charge is -2.61. The Morgan fingerprint density at radius 3 is 2.50 bits per heavy atom. The Morgan fingerprint density at radius 1 is 1.16 bits per heavy atom. The molecule has 1 saturated heterocycles. The lowest BCUT2D eigenvalue weighted by Crippen LogP contribution is -2.69. The molecule has 8 heteroatoms. The number of allylic oxidation sites excluding steroid dienone is 1. The molecule has 6 aliphatic rings. The number of ether oxygens (including phenoxy) is 3. The van der Waals surface area contributed by atoms with Gasteiger partial charge in [0, 0.05) is 24.3 Å². The summed E-state index contributed by atoms with van der Waals surface area (Å²) in [5.41, 5.74) is -4.00. The molecule has 0 radical (unpaired) electrons. The van der Waals surface area contributed by atoms with Crippen molar-refractivity contribution in [2.75, 3.05) is 0 Å². The van der Waals surface area contributed by atoms with Crippen LogP contribution in [0, 0.1) is 28.6 Å². The van der Waals surface area contributed by atoms with E-state index in [-0.39, 0.29) is 29.6 Å². The third kappa shape index (κ3) is 2.89. The molecule has 208 valence electrons. The number of carbonyl (C=O) groups is 3. The molecular weight excluding hydrogens is 488 g/mol. The summed E-state index contributed by atoms with van der Waals surface area (Å²) in [5.74, 6) is -0.670. The van der Waals surface area contributed by atoms with E-state index in [2.05, 4.69) is 6.92 Å². The summed E-state index contributed by atoms with van der Waals surface area (Å²) in [4.78, 5) is 38.0. The van der Waals surface area contributed by atoms with Gasteiger partial charge in [0.15, 0.2) is 11.9 Å². The molecule has 4 aliphatic carbocycles. The van der Waals surface area contributed by atoms with E-state index in [1.807, 2.05) is 13.8 Å². The van der Waals surface area contributed by atoms with E-state index in [1.54, 1.807) is 26.0 Å². The van der Waals surface area contributed by atoms with Crippen LogP contribution in [0.2, 0.25) is 0 Å². The molecule has 38 heavy (non-hydrogen) atoms. The maximum Gasteiger partial charge on any atom is 0.334 e. The van der Waals surface area contributed by atoms with Crippen molar-refractivity contribution in [1.29, 1.82) is 0 Å². The number of hydrogen-bond acceptors (Lipinski definition) is 8. The molecule has 0 aromatic heterocycles. The highest BCUT2D eigenvalue weighted by Crippen LogP contribution is 2.74. The number of fused-ring (bicyclic) bond motifs is 4. The SMILES string of the molecule is CC(=O)OC1C=CC(=O)C2(C)C3CCC4(C)C(CCC4(O)C(C)(O)C4CC(C)=C(C)C(=O)O4)C3CC3OC132. The molecule has 2 heterocycles. The molecule has 4 fully saturated rings. The number of cyclic esters (lactones) is 1. The van der Waals surface area contributed by atoms with Crippen LogP contribution in [0.3, 0.4) is 0 Å². The number of aliphatic hydroxyl groups is 2. The highest BCUT2D eigenvalue weighted by molar-refractivity contribution is 5.98. The van der Waals surface area contributed by atoms with Crippen molar-refractivity contribution in [1.82, 2.24) is 0 Å². The maximum absolute atomic E-state index is 13.6. The van der Waals surface area contributed by atoms with Gasteiger partial charge in [-0.1, -0.05) is 12.5 Å². The van der Waals surface area contributed by atoms with Crippen LogP contribution in [0.15, 0.2) is 23.3 Å². The molecule has 8 nitrogen and oxygen atoms in total. The van der Waals surface area contributed by atoms with Gasteiger partial charge in [-0.05, 0) is 89.7 Å². The molecule has 11 atom stereocenters. The van der Waals surface area contributed by atoms with Crippen LogP contribution in [-0.4, -0.2) is 63.0 Å². The van der Waals surface area contributed by atoms with Crippen molar-refractivity contribution in [3.63, 3.8) is 0 Å². The number of rotatable bonds is 3. The quantitative estimate of drug-likeness (QED) is 0.423. The summed E-state index contributed by atoms with van der Waals surface area (Å²) in [7, 11) is 0. The van der Waals surface area contributed by atoms with Crippen molar-refractivity contribution in [3.8, 4) is 0 Å². The Kier molecular flexibility index (Phi) is 5.37. The molecule has 0 aromatic carbocycles. The van der Waals surface area contributed by atoms with Crippen molar-refractivity contribution in [2.24, 2.45) is 28.6 Å². The molecule has 2 aliphatic heterocycles. The summed E-state index contributed by atoms with van der Waals surface area (Å²) >= 11 is 0. The monoisotopic (exact) mass is 528 g/mol. The summed E-state index contributed by atoms with van der Waals surface area (Å²) in [6.45, 7) is 10.6. The van der Waals surface area contributed by atoms with Gasteiger partial charge in [0.1, 0.15) is 22.9 Å². The van der Waals surface area contributed by atoms with Crippen LogP contribution in [0.4, 0.5) is 0 Å². The van der Waals surface area contributed by atoms with Crippen LogP contribution < -0.4 is 0 Å². The number of esters is 2. The minimum absolute atomic E-state index is 0.00229. The van der Waals surface area contributed by atoms with E-state index >= 15 is 0 Å². The molecule has 11 unspecified atom stereocenters. The van der Waals surface area contributed by atoms with Gasteiger partial charge in [-0.25, -0.2) is 4.79 Å². The molecule has 3 saturated carbocycles. The fraction of sp³-hybridized carbons (Fsp3) is 0.767. The van der Waals surface area contributed by atoms with Crippen LogP contribution >= 0.6 is 0 Å². The van der Waals surface area contributed by atoms with E-state index < -0.39 is 51.8 Å². The van der Waals surface area contributed by atoms with Crippen LogP contribution in [0.1, 0.15) is 80.1 Å². The van der Waals surface area contributed by atoms with Crippen molar-refractivity contribution in [3.05, 3.63) is 23.3 Å². The first-order valence-electron chi connectivity index (χ1n) is 14.0. The van der Waals surface area contributed by atoms with Gasteiger partial charge in [0.05, 0.1) is 11.5 Å². The zero-order valence-corrected chi connectivity index (χ0v) is 23.2. The molecule has 1 spiro atoms. The van der Waals surface area contributed by atoms with Gasteiger partial charge in [-0.3, -0.25) is 9.59 Å². The number of epoxide rings is 1. The predicted octanol–water partition coefficient (Wildman–Crippen LogP) is 3.18. The maximum atomic E-state index is 13.6. The third-order valence-corrected chi connectivity index (χ3v) is 12.2. The highest BCUT2D eigenvalue weighted by atomic mass is 16.7. The van der Waals surface area contributed by atoms with Gasteiger partial charge < -0.3 is 24.4 Å². The molecule has 2 N–H and O–H groups in total. The lowest BCUT2D eigenvalue weighted by atomic mass is 9.43. The molecule has 0 bridgehead atoms. The molecular formula is C30H40O8. The summed E-state index contributed by atoms with van der Waals surface area (Å²) < 4.78 is 17.7. The normalized spacial score (nSPS) is 50.7. The standard InChI is InChI=1S/C30H40O8/c1-15-13-23(37-25(33)16(15)2)28(6,34)29(35)12-10-19-18-14-24-30(38-24)22(36-17(3)31)8-7-21(32)27(30,5)20(18)9-11-26(19,29)4/h7-8,18-20,22-24,34-35H,9-14H2,1-6H3. The summed E-state index contributed by atoms with van der Waals surface area (Å²) in [5, 5.41) is 24.4. The van der Waals surface area contributed by atoms with Crippen LogP contribution in [0.5, 0.6) is 0 Å². The Balaban J connectivity index is 1.34. The smallest absolute Gasteiger partial charge is 0.334 e. The molecule has 6 rings (SSSR count). The van der Waals surface area contributed by atoms with Gasteiger partial charge in [-0.2, -0.15) is 0 Å². The second kappa shape index (κ2) is 7.79. The minimum atomic E-state index is -1.65. The number of ketones is 1. The number of carbonyl (C=O) groups excluding carboxylic acids is 3. The van der Waals surface area contributed by atoms with Crippen LogP contribution in [-0.2, 0) is 28.6 Å². The van der Waals surface area contributed by atoms with E-state index in [4.69, 9.17) is 14.2 Å². The van der Waals surface area contributed by atoms with Gasteiger partial charge in [0.2, 0.25) is 0 Å². The zero-order chi connectivity index (χ0) is 27.6. The van der Waals surface area contributed by atoms with Gasteiger partial charge in [0.25, 0.3) is 0 Å². The van der Waals surface area contributed by atoms with Gasteiger partial charge in [-0.15, -0.1) is 0 Å². The fourth-order valence-electron chi connectivity index (χ4n) is 9.76. The summed E-state index contributed by atoms with van der Waals surface area (Å²) in [6, 6.07) is 0. The Labute approximate surface area is 223 Å². The second-order valence-corrected chi connectivity index (χ2v) is 13.5. The van der Waals surface area contributed by atoms with E-state index in [1.165, 1.54) is 6.92 Å². The van der Waals surface area contributed by atoms with E-state index in [0.717, 1.165) is 12.0 Å². The molecule has 0 amide bonds. The lowest BCUT2D eigenvalue weighted by molar-refractivity contribution is -0.253. The number of hydrogen-bond donors (Lipinski definition) is 2. The second-order valence-electron chi connectivity index (χ2n) is 13.5. The Bertz CT molecular complexity index is 1180. The van der Waals surface area contributed by atoms with Gasteiger partial charge >= 0.3 is 11.9 Å². The average Bonchev–Trinajstić information content (AvgIpc) is 3.50. The Morgan fingerprint density at radius 2 is 1.84 bits per heavy atom. The highest BCUT2D eigenvalue weighted by Gasteiger charge is 2.82. The van der Waals surface area contributed by atoms with Crippen molar-refractivity contribution < 1.29 is 38.8 Å². The Hall–Kier alpha value is -2.03. The van der Waals surface area contributed by atoms with E-state index in [0.29, 0.717) is 37.7 Å². The molecule has 0 aromatic rings. The van der Waals surface area contributed by atoms with E-state index in [9.17, 15) is 24.6 Å². The van der Waals surface area contributed by atoms with Crippen molar-refractivity contribution in [2.45, 2.75) is 115 Å².